The Balaban J connectivity index is 1.74. The standard InChI is InChI=1S/C17H16N6O/c1-2-15-19-11-14(23(15)21-4-1)12-10-20-17-16(12)13(3-5-18-17)22-6-8-24-9-7-22/h1-5,10-11H,6-9H2,(H,18,20). The summed E-state index contributed by atoms with van der Waals surface area (Å²) in [4.78, 5) is 14.6. The fourth-order valence-corrected chi connectivity index (χ4v) is 3.32. The average Bonchev–Trinajstić information content (AvgIpc) is 3.26. The van der Waals surface area contributed by atoms with E-state index in [1.54, 1.807) is 6.20 Å². The Morgan fingerprint density at radius 1 is 1.08 bits per heavy atom. The fourth-order valence-electron chi connectivity index (χ4n) is 3.32. The van der Waals surface area contributed by atoms with Crippen LogP contribution >= 0.6 is 0 Å². The summed E-state index contributed by atoms with van der Waals surface area (Å²) in [6, 6.07) is 5.91. The molecule has 1 aliphatic heterocycles. The van der Waals surface area contributed by atoms with E-state index in [9.17, 15) is 0 Å². The van der Waals surface area contributed by atoms with Gasteiger partial charge in [-0.2, -0.15) is 5.10 Å². The highest BCUT2D eigenvalue weighted by Gasteiger charge is 2.20. The number of pyridine rings is 1. The van der Waals surface area contributed by atoms with Gasteiger partial charge in [-0.3, -0.25) is 0 Å². The number of anilines is 1. The molecule has 4 aromatic rings. The number of aromatic amines is 1. The summed E-state index contributed by atoms with van der Waals surface area (Å²) in [5.74, 6) is 0. The van der Waals surface area contributed by atoms with Crippen LogP contribution in [-0.2, 0) is 4.74 Å². The largest absolute Gasteiger partial charge is 0.378 e. The number of morpholine rings is 1. The van der Waals surface area contributed by atoms with Gasteiger partial charge in [0.05, 0.1) is 36.2 Å². The average molecular weight is 320 g/mol. The molecule has 0 aliphatic carbocycles. The van der Waals surface area contributed by atoms with E-state index in [1.165, 1.54) is 5.69 Å². The van der Waals surface area contributed by atoms with Crippen molar-refractivity contribution in [2.24, 2.45) is 0 Å². The minimum absolute atomic E-state index is 0.751. The molecule has 5 rings (SSSR count). The van der Waals surface area contributed by atoms with Crippen LogP contribution in [0.3, 0.4) is 0 Å². The first-order chi connectivity index (χ1) is 11.9. The molecule has 1 saturated heterocycles. The predicted molar refractivity (Wildman–Crippen MR) is 91.1 cm³/mol. The molecule has 0 spiro atoms. The molecular weight excluding hydrogens is 304 g/mol. The molecule has 7 heteroatoms. The van der Waals surface area contributed by atoms with E-state index >= 15 is 0 Å². The third kappa shape index (κ3) is 1.98. The van der Waals surface area contributed by atoms with Crippen LogP contribution < -0.4 is 4.90 Å². The zero-order valence-electron chi connectivity index (χ0n) is 13.0. The lowest BCUT2D eigenvalue weighted by Crippen LogP contribution is -2.36. The van der Waals surface area contributed by atoms with Crippen LogP contribution in [0.1, 0.15) is 0 Å². The number of imidazole rings is 1. The van der Waals surface area contributed by atoms with Crippen molar-refractivity contribution in [1.29, 1.82) is 0 Å². The fraction of sp³-hybridized carbons (Fsp3) is 0.235. The third-order valence-electron chi connectivity index (χ3n) is 4.46. The van der Waals surface area contributed by atoms with E-state index in [-0.39, 0.29) is 0 Å². The summed E-state index contributed by atoms with van der Waals surface area (Å²) in [7, 11) is 0. The van der Waals surface area contributed by atoms with Gasteiger partial charge in [-0.25, -0.2) is 14.5 Å². The van der Waals surface area contributed by atoms with Gasteiger partial charge in [0, 0.05) is 37.2 Å². The van der Waals surface area contributed by atoms with Crippen LogP contribution in [0.15, 0.2) is 43.0 Å². The topological polar surface area (TPSA) is 71.3 Å². The smallest absolute Gasteiger partial charge is 0.154 e. The molecule has 120 valence electrons. The zero-order chi connectivity index (χ0) is 15.9. The van der Waals surface area contributed by atoms with Crippen LogP contribution in [0.25, 0.3) is 27.9 Å². The van der Waals surface area contributed by atoms with Crippen LogP contribution in [-0.4, -0.2) is 50.9 Å². The Morgan fingerprint density at radius 2 is 2.00 bits per heavy atom. The van der Waals surface area contributed by atoms with E-state index in [0.29, 0.717) is 0 Å². The second-order valence-corrected chi connectivity index (χ2v) is 5.79. The number of nitrogens with zero attached hydrogens (tertiary/aromatic N) is 5. The lowest BCUT2D eigenvalue weighted by Gasteiger charge is -2.29. The number of ether oxygens (including phenoxy) is 1. The minimum atomic E-state index is 0.751. The van der Waals surface area contributed by atoms with Crippen molar-refractivity contribution >= 4 is 22.4 Å². The number of H-pyrrole nitrogens is 1. The normalized spacial score (nSPS) is 15.4. The Labute approximate surface area is 137 Å². The van der Waals surface area contributed by atoms with Crippen molar-refractivity contribution in [2.45, 2.75) is 0 Å². The van der Waals surface area contributed by atoms with E-state index in [1.807, 2.05) is 35.2 Å². The van der Waals surface area contributed by atoms with Gasteiger partial charge in [0.15, 0.2) is 5.65 Å². The van der Waals surface area contributed by atoms with Crippen molar-refractivity contribution in [3.63, 3.8) is 0 Å². The molecule has 7 nitrogen and oxygen atoms in total. The highest BCUT2D eigenvalue weighted by molar-refractivity contribution is 6.02. The van der Waals surface area contributed by atoms with E-state index in [0.717, 1.165) is 54.2 Å². The first-order valence-corrected chi connectivity index (χ1v) is 8.00. The number of fused-ring (bicyclic) bond motifs is 2. The molecule has 1 fully saturated rings. The number of hydrogen-bond acceptors (Lipinski definition) is 5. The predicted octanol–water partition coefficient (Wildman–Crippen LogP) is 2.11. The summed E-state index contributed by atoms with van der Waals surface area (Å²) < 4.78 is 7.35. The molecule has 0 aromatic carbocycles. The first-order valence-electron chi connectivity index (χ1n) is 8.00. The van der Waals surface area contributed by atoms with Crippen molar-refractivity contribution in [3.05, 3.63) is 43.0 Å². The van der Waals surface area contributed by atoms with Crippen molar-refractivity contribution in [3.8, 4) is 11.3 Å². The summed E-state index contributed by atoms with van der Waals surface area (Å²) in [6.45, 7) is 3.27. The molecule has 4 aromatic heterocycles. The van der Waals surface area contributed by atoms with Crippen LogP contribution in [0.2, 0.25) is 0 Å². The zero-order valence-corrected chi connectivity index (χ0v) is 13.0. The summed E-state index contributed by atoms with van der Waals surface area (Å²) in [5, 5.41) is 5.54. The number of aromatic nitrogens is 5. The molecule has 0 unspecified atom stereocenters. The van der Waals surface area contributed by atoms with Crippen molar-refractivity contribution in [2.75, 3.05) is 31.2 Å². The van der Waals surface area contributed by atoms with Gasteiger partial charge in [0.2, 0.25) is 0 Å². The lowest BCUT2D eigenvalue weighted by molar-refractivity contribution is 0.123. The molecule has 1 N–H and O–H groups in total. The molecule has 0 saturated carbocycles. The highest BCUT2D eigenvalue weighted by Crippen LogP contribution is 2.35. The van der Waals surface area contributed by atoms with Crippen LogP contribution in [0, 0.1) is 0 Å². The van der Waals surface area contributed by atoms with Gasteiger partial charge in [0.25, 0.3) is 0 Å². The van der Waals surface area contributed by atoms with Gasteiger partial charge >= 0.3 is 0 Å². The minimum Gasteiger partial charge on any atom is -0.378 e. The first kappa shape index (κ1) is 13.5. The number of nitrogens with one attached hydrogen (secondary N) is 1. The molecule has 0 bridgehead atoms. The van der Waals surface area contributed by atoms with Crippen molar-refractivity contribution in [1.82, 2.24) is 24.6 Å². The summed E-state index contributed by atoms with van der Waals surface area (Å²) in [5.41, 5.74) is 4.90. The number of rotatable bonds is 2. The van der Waals surface area contributed by atoms with E-state index < -0.39 is 0 Å². The summed E-state index contributed by atoms with van der Waals surface area (Å²) in [6.07, 6.45) is 7.47. The van der Waals surface area contributed by atoms with Gasteiger partial charge in [-0.1, -0.05) is 0 Å². The Bertz CT molecular complexity index is 1010. The van der Waals surface area contributed by atoms with E-state index in [4.69, 9.17) is 4.74 Å². The third-order valence-corrected chi connectivity index (χ3v) is 4.46. The molecule has 5 heterocycles. The van der Waals surface area contributed by atoms with Gasteiger partial charge in [-0.05, 0) is 18.2 Å². The van der Waals surface area contributed by atoms with Crippen LogP contribution in [0.4, 0.5) is 5.69 Å². The Hall–Kier alpha value is -2.93. The van der Waals surface area contributed by atoms with Crippen molar-refractivity contribution < 1.29 is 4.74 Å². The molecular formula is C17H16N6O. The summed E-state index contributed by atoms with van der Waals surface area (Å²) >= 11 is 0. The Morgan fingerprint density at radius 3 is 2.92 bits per heavy atom. The maximum absolute atomic E-state index is 5.49. The lowest BCUT2D eigenvalue weighted by atomic mass is 10.1. The molecule has 0 atom stereocenters. The van der Waals surface area contributed by atoms with E-state index in [2.05, 4.69) is 31.0 Å². The molecule has 0 radical (unpaired) electrons. The quantitative estimate of drug-likeness (QED) is 0.612. The maximum Gasteiger partial charge on any atom is 0.154 e. The molecule has 24 heavy (non-hydrogen) atoms. The highest BCUT2D eigenvalue weighted by atomic mass is 16.5. The van der Waals surface area contributed by atoms with Gasteiger partial charge < -0.3 is 14.6 Å². The Kier molecular flexibility index (Phi) is 2.99. The van der Waals surface area contributed by atoms with Gasteiger partial charge in [-0.15, -0.1) is 0 Å². The maximum atomic E-state index is 5.49. The molecule has 0 amide bonds. The SMILES string of the molecule is c1cnn2c(-c3c[nH]c4nccc(N5CCOCC5)c34)cnc2c1. The molecule has 1 aliphatic rings. The number of hydrogen-bond donors (Lipinski definition) is 1. The van der Waals surface area contributed by atoms with Crippen LogP contribution in [0.5, 0.6) is 0 Å². The van der Waals surface area contributed by atoms with Gasteiger partial charge in [0.1, 0.15) is 5.65 Å². The second-order valence-electron chi connectivity index (χ2n) is 5.79. The second kappa shape index (κ2) is 5.31. The monoisotopic (exact) mass is 320 g/mol.